The van der Waals surface area contributed by atoms with Gasteiger partial charge < -0.3 is 9.84 Å². The summed E-state index contributed by atoms with van der Waals surface area (Å²) in [5.41, 5.74) is -2.91. The summed E-state index contributed by atoms with van der Waals surface area (Å²) < 4.78 is 85.5. The summed E-state index contributed by atoms with van der Waals surface area (Å²) in [6.45, 7) is 1.33. The summed E-state index contributed by atoms with van der Waals surface area (Å²) in [5.74, 6) is -0.504. The number of alkyl halides is 6. The highest BCUT2D eigenvalue weighted by atomic mass is 19.4. The molecule has 14 heteroatoms. The van der Waals surface area contributed by atoms with Gasteiger partial charge in [-0.25, -0.2) is 4.98 Å². The maximum atomic E-state index is 13.5. The van der Waals surface area contributed by atoms with E-state index < -0.39 is 41.0 Å². The van der Waals surface area contributed by atoms with Crippen LogP contribution in [0.4, 0.5) is 32.0 Å². The van der Waals surface area contributed by atoms with Crippen molar-refractivity contribution in [3.05, 3.63) is 77.6 Å². The number of benzene rings is 1. The fourth-order valence-electron chi connectivity index (χ4n) is 3.22. The van der Waals surface area contributed by atoms with Crippen molar-refractivity contribution in [3.63, 3.8) is 0 Å². The Balaban J connectivity index is 1.54. The van der Waals surface area contributed by atoms with Gasteiger partial charge in [0.15, 0.2) is 11.5 Å². The van der Waals surface area contributed by atoms with Gasteiger partial charge >= 0.3 is 12.4 Å². The largest absolute Gasteiger partial charge is 0.416 e. The van der Waals surface area contributed by atoms with E-state index in [1.54, 1.807) is 0 Å². The summed E-state index contributed by atoms with van der Waals surface area (Å²) in [7, 11) is 0. The molecular weight excluding hydrogens is 482 g/mol. The fourth-order valence-corrected chi connectivity index (χ4v) is 3.22. The van der Waals surface area contributed by atoms with Crippen molar-refractivity contribution in [2.24, 2.45) is 0 Å². The van der Waals surface area contributed by atoms with Gasteiger partial charge in [0.05, 0.1) is 35.2 Å². The smallest absolute Gasteiger partial charge is 0.354 e. The van der Waals surface area contributed by atoms with E-state index in [0.29, 0.717) is 11.8 Å². The number of rotatable bonds is 5. The van der Waals surface area contributed by atoms with Crippen LogP contribution in [-0.2, 0) is 12.4 Å². The first-order valence-corrected chi connectivity index (χ1v) is 9.80. The minimum Gasteiger partial charge on any atom is -0.354 e. The van der Waals surface area contributed by atoms with E-state index in [1.165, 1.54) is 44.0 Å². The summed E-state index contributed by atoms with van der Waals surface area (Å²) in [6, 6.07) is 1.63. The molecule has 0 saturated carbocycles. The third-order valence-electron chi connectivity index (χ3n) is 4.95. The van der Waals surface area contributed by atoms with Crippen LogP contribution in [0.5, 0.6) is 0 Å². The lowest BCUT2D eigenvalue weighted by Crippen LogP contribution is -2.17. The molecule has 0 aliphatic heterocycles. The first kappa shape index (κ1) is 23.9. The third-order valence-corrected chi connectivity index (χ3v) is 4.95. The van der Waals surface area contributed by atoms with Crippen molar-refractivity contribution in [2.45, 2.75) is 25.3 Å². The Hall–Kier alpha value is -4.23. The molecular formula is C21H14F6N6O2. The highest BCUT2D eigenvalue weighted by molar-refractivity contribution is 6.03. The van der Waals surface area contributed by atoms with Gasteiger partial charge in [0.1, 0.15) is 5.69 Å². The molecule has 1 atom stereocenters. The van der Waals surface area contributed by atoms with Crippen molar-refractivity contribution in [3.8, 4) is 11.5 Å². The number of aromatic nitrogens is 5. The van der Waals surface area contributed by atoms with Crippen LogP contribution in [-0.4, -0.2) is 30.8 Å². The predicted molar refractivity (Wildman–Crippen MR) is 108 cm³/mol. The van der Waals surface area contributed by atoms with Crippen LogP contribution in [0.1, 0.15) is 40.1 Å². The summed E-state index contributed by atoms with van der Waals surface area (Å²) in [6.07, 6.45) is -3.26. The molecule has 182 valence electrons. The number of nitrogens with one attached hydrogen (secondary N) is 1. The Bertz CT molecular complexity index is 1350. The van der Waals surface area contributed by atoms with Crippen LogP contribution in [0, 0.1) is 0 Å². The van der Waals surface area contributed by atoms with Crippen LogP contribution < -0.4 is 5.32 Å². The molecule has 1 aromatic carbocycles. The lowest BCUT2D eigenvalue weighted by atomic mass is 9.98. The lowest BCUT2D eigenvalue weighted by molar-refractivity contribution is -0.143. The number of hydrogen-bond acceptors (Lipinski definition) is 6. The van der Waals surface area contributed by atoms with Gasteiger partial charge in [0.2, 0.25) is 0 Å². The van der Waals surface area contributed by atoms with Crippen molar-refractivity contribution in [1.29, 1.82) is 0 Å². The Labute approximate surface area is 192 Å². The van der Waals surface area contributed by atoms with E-state index >= 15 is 0 Å². The first-order valence-electron chi connectivity index (χ1n) is 9.80. The number of carbonyl (C=O) groups excluding carboxylic acids is 1. The Morgan fingerprint density at radius 2 is 1.83 bits per heavy atom. The van der Waals surface area contributed by atoms with E-state index in [9.17, 15) is 31.1 Å². The average Bonchev–Trinajstić information content (AvgIpc) is 3.48. The Morgan fingerprint density at radius 1 is 1.06 bits per heavy atom. The number of nitrogens with zero attached hydrogens (tertiary/aromatic N) is 5. The molecule has 1 amide bonds. The number of amides is 1. The molecule has 0 aliphatic rings. The van der Waals surface area contributed by atoms with Gasteiger partial charge in [-0.05, 0) is 24.6 Å². The van der Waals surface area contributed by atoms with Crippen LogP contribution >= 0.6 is 0 Å². The average molecular weight is 496 g/mol. The number of hydrogen-bond donors (Lipinski definition) is 1. The second-order valence-electron chi connectivity index (χ2n) is 7.30. The molecule has 0 aliphatic carbocycles. The van der Waals surface area contributed by atoms with Gasteiger partial charge in [-0.1, -0.05) is 11.2 Å². The molecule has 1 N–H and O–H groups in total. The number of carbonyl (C=O) groups is 1. The molecule has 0 bridgehead atoms. The molecule has 3 heterocycles. The first-order chi connectivity index (χ1) is 16.4. The Morgan fingerprint density at radius 3 is 2.49 bits per heavy atom. The van der Waals surface area contributed by atoms with E-state index in [1.807, 2.05) is 0 Å². The van der Waals surface area contributed by atoms with Gasteiger partial charge in [0, 0.05) is 24.7 Å². The molecule has 8 nitrogen and oxygen atoms in total. The van der Waals surface area contributed by atoms with Gasteiger partial charge in [-0.15, -0.1) is 0 Å². The third kappa shape index (κ3) is 5.15. The zero-order valence-corrected chi connectivity index (χ0v) is 17.6. The quantitative estimate of drug-likeness (QED) is 0.380. The molecule has 0 radical (unpaired) electrons. The van der Waals surface area contributed by atoms with E-state index in [4.69, 9.17) is 4.52 Å². The highest BCUT2D eigenvalue weighted by Gasteiger charge is 2.39. The molecule has 4 aromatic rings. The normalized spacial score (nSPS) is 13.0. The van der Waals surface area contributed by atoms with E-state index in [0.717, 1.165) is 10.7 Å². The highest BCUT2D eigenvalue weighted by Crippen LogP contribution is 2.39. The topological polar surface area (TPSA) is 98.7 Å². The summed E-state index contributed by atoms with van der Waals surface area (Å²) >= 11 is 0. The molecule has 0 unspecified atom stereocenters. The minimum absolute atomic E-state index is 0.0668. The van der Waals surface area contributed by atoms with Gasteiger partial charge in [-0.2, -0.15) is 31.4 Å². The van der Waals surface area contributed by atoms with Crippen LogP contribution in [0.2, 0.25) is 0 Å². The molecule has 0 fully saturated rings. The second-order valence-corrected chi connectivity index (χ2v) is 7.30. The van der Waals surface area contributed by atoms with Gasteiger partial charge in [-0.3, -0.25) is 14.5 Å². The molecule has 3 aromatic heterocycles. The maximum absolute atomic E-state index is 13.5. The fraction of sp³-hybridized carbons (Fsp3) is 0.190. The van der Waals surface area contributed by atoms with Crippen LogP contribution in [0.25, 0.3) is 11.5 Å². The molecule has 0 saturated heterocycles. The van der Waals surface area contributed by atoms with Crippen LogP contribution in [0.3, 0.4) is 0 Å². The molecule has 35 heavy (non-hydrogen) atoms. The summed E-state index contributed by atoms with van der Waals surface area (Å²) in [5, 5.41) is 10.1. The summed E-state index contributed by atoms with van der Waals surface area (Å²) in [4.78, 5) is 20.4. The lowest BCUT2D eigenvalue weighted by Gasteiger charge is -2.20. The van der Waals surface area contributed by atoms with Crippen molar-refractivity contribution in [2.75, 3.05) is 5.32 Å². The monoisotopic (exact) mass is 496 g/mol. The van der Waals surface area contributed by atoms with Crippen LogP contribution in [0.15, 0.2) is 59.8 Å². The van der Waals surface area contributed by atoms with Crippen molar-refractivity contribution >= 4 is 11.6 Å². The standard InChI is InChI=1S/C21H14F6N6O2/c1-11(14-3-2-12(20(22,23)24)6-15(14)21(25,26)27)33-10-13(8-30-33)31-19(34)16-7-18(35-32-16)17-9-28-4-5-29-17/h2-11H,1H3,(H,31,34)/t11-/m0/s1. The molecule has 4 rings (SSSR count). The van der Waals surface area contributed by atoms with E-state index in [-0.39, 0.29) is 23.2 Å². The van der Waals surface area contributed by atoms with Crippen molar-refractivity contribution in [1.82, 2.24) is 24.9 Å². The zero-order chi connectivity index (χ0) is 25.4. The Kier molecular flexibility index (Phi) is 6.05. The van der Waals surface area contributed by atoms with Gasteiger partial charge in [0.25, 0.3) is 5.91 Å². The predicted octanol–water partition coefficient (Wildman–Crippen LogP) is 5.23. The second kappa shape index (κ2) is 8.85. The number of halogens is 6. The van der Waals surface area contributed by atoms with Crippen molar-refractivity contribution < 1.29 is 35.7 Å². The number of anilines is 1. The zero-order valence-electron chi connectivity index (χ0n) is 17.6. The maximum Gasteiger partial charge on any atom is 0.416 e. The van der Waals surface area contributed by atoms with E-state index in [2.05, 4.69) is 25.5 Å². The SMILES string of the molecule is C[C@@H](c1ccc(C(F)(F)F)cc1C(F)(F)F)n1cc(NC(=O)c2cc(-c3cnccn3)on2)cn1. The minimum atomic E-state index is -5.02. The molecule has 0 spiro atoms.